The normalized spacial score (nSPS) is 16.6. The van der Waals surface area contributed by atoms with Gasteiger partial charge in [0.05, 0.1) is 5.56 Å². The predicted octanol–water partition coefficient (Wildman–Crippen LogP) is 4.35. The summed E-state index contributed by atoms with van der Waals surface area (Å²) in [6.45, 7) is 4.05. The molecule has 0 atom stereocenters. The summed E-state index contributed by atoms with van der Waals surface area (Å²) in [7, 11) is 0. The highest BCUT2D eigenvalue weighted by Gasteiger charge is 2.23. The fraction of sp³-hybridized carbons (Fsp3) is 0.214. The molecule has 86 valence electrons. The Bertz CT molecular complexity index is 680. The summed E-state index contributed by atoms with van der Waals surface area (Å²) in [6, 6.07) is 7.72. The van der Waals surface area contributed by atoms with Gasteiger partial charge in [0.15, 0.2) is 4.71 Å². The van der Waals surface area contributed by atoms with Crippen molar-refractivity contribution < 1.29 is 9.15 Å². The topological polar surface area (TPSA) is 22.4 Å². The van der Waals surface area contributed by atoms with Gasteiger partial charge in [-0.3, -0.25) is 0 Å². The van der Waals surface area contributed by atoms with Crippen LogP contribution in [0.25, 0.3) is 17.0 Å². The Balaban J connectivity index is 2.34. The number of hydrogen-bond donors (Lipinski definition) is 0. The molecule has 1 aromatic carbocycles. The number of benzene rings is 1. The van der Waals surface area contributed by atoms with Crippen LogP contribution in [0.4, 0.5) is 0 Å². The molecule has 0 amide bonds. The van der Waals surface area contributed by atoms with E-state index in [0.717, 1.165) is 22.3 Å². The van der Waals surface area contributed by atoms with Crippen molar-refractivity contribution in [2.45, 2.75) is 19.4 Å². The lowest BCUT2D eigenvalue weighted by Gasteiger charge is -2.27. The standard InChI is InChI=1S/C14H12O2S/c1-14(2)8-7-10-11(16-14)5-3-9-4-6-12(17)15-13(9)10/h3-8H,1-2H3. The molecule has 3 rings (SSSR count). The maximum atomic E-state index is 5.89. The van der Waals surface area contributed by atoms with Crippen LogP contribution in [-0.2, 0) is 0 Å². The summed E-state index contributed by atoms with van der Waals surface area (Å²) in [6.07, 6.45) is 4.07. The highest BCUT2D eigenvalue weighted by Crippen LogP contribution is 2.35. The minimum absolute atomic E-state index is 0.272. The van der Waals surface area contributed by atoms with E-state index in [2.05, 4.69) is 0 Å². The minimum atomic E-state index is -0.272. The number of hydrogen-bond acceptors (Lipinski definition) is 3. The van der Waals surface area contributed by atoms with Crippen LogP contribution in [0, 0.1) is 4.71 Å². The van der Waals surface area contributed by atoms with Crippen molar-refractivity contribution in [2.24, 2.45) is 0 Å². The maximum Gasteiger partial charge on any atom is 0.190 e. The molecule has 2 heterocycles. The average molecular weight is 244 g/mol. The Hall–Kier alpha value is -1.61. The zero-order valence-electron chi connectivity index (χ0n) is 9.69. The lowest BCUT2D eigenvalue weighted by molar-refractivity contribution is 0.159. The van der Waals surface area contributed by atoms with Crippen LogP contribution in [0.3, 0.4) is 0 Å². The Labute approximate surface area is 105 Å². The molecular weight excluding hydrogens is 232 g/mol. The third-order valence-corrected chi connectivity index (χ3v) is 3.03. The first kappa shape index (κ1) is 10.5. The van der Waals surface area contributed by atoms with Crippen molar-refractivity contribution in [3.8, 4) is 5.75 Å². The molecule has 3 heteroatoms. The van der Waals surface area contributed by atoms with Crippen molar-refractivity contribution in [3.63, 3.8) is 0 Å². The van der Waals surface area contributed by atoms with Gasteiger partial charge < -0.3 is 9.15 Å². The van der Waals surface area contributed by atoms with E-state index in [1.807, 2.05) is 44.2 Å². The highest BCUT2D eigenvalue weighted by atomic mass is 32.1. The molecule has 0 radical (unpaired) electrons. The van der Waals surface area contributed by atoms with E-state index in [9.17, 15) is 0 Å². The molecule has 0 fully saturated rings. The van der Waals surface area contributed by atoms with Gasteiger partial charge in [-0.15, -0.1) is 0 Å². The molecule has 0 spiro atoms. The second-order valence-electron chi connectivity index (χ2n) is 4.69. The molecule has 0 N–H and O–H groups in total. The smallest absolute Gasteiger partial charge is 0.190 e. The van der Waals surface area contributed by atoms with Gasteiger partial charge in [0.25, 0.3) is 0 Å². The van der Waals surface area contributed by atoms with Crippen LogP contribution < -0.4 is 4.74 Å². The molecule has 0 saturated carbocycles. The molecule has 0 bridgehead atoms. The first-order chi connectivity index (χ1) is 8.05. The Morgan fingerprint density at radius 1 is 1.12 bits per heavy atom. The largest absolute Gasteiger partial charge is 0.483 e. The Morgan fingerprint density at radius 2 is 1.88 bits per heavy atom. The second kappa shape index (κ2) is 3.44. The Kier molecular flexibility index (Phi) is 2.13. The van der Waals surface area contributed by atoms with Crippen molar-refractivity contribution >= 4 is 29.3 Å². The van der Waals surface area contributed by atoms with Crippen LogP contribution in [0.1, 0.15) is 19.4 Å². The third-order valence-electron chi connectivity index (χ3n) is 2.81. The van der Waals surface area contributed by atoms with Crippen LogP contribution in [-0.4, -0.2) is 5.60 Å². The lowest BCUT2D eigenvalue weighted by atomic mass is 10.0. The van der Waals surface area contributed by atoms with E-state index in [-0.39, 0.29) is 5.60 Å². The molecule has 1 aromatic heterocycles. The number of rotatable bonds is 0. The summed E-state index contributed by atoms with van der Waals surface area (Å²) >= 11 is 5.06. The molecule has 2 nitrogen and oxygen atoms in total. The third kappa shape index (κ3) is 1.76. The van der Waals surface area contributed by atoms with Crippen molar-refractivity contribution in [3.05, 3.63) is 40.6 Å². The van der Waals surface area contributed by atoms with Crippen LogP contribution in [0.5, 0.6) is 5.75 Å². The molecule has 0 unspecified atom stereocenters. The maximum absolute atomic E-state index is 5.89. The summed E-state index contributed by atoms with van der Waals surface area (Å²) in [5.74, 6) is 0.842. The molecule has 17 heavy (non-hydrogen) atoms. The van der Waals surface area contributed by atoms with Gasteiger partial charge in [0.1, 0.15) is 16.9 Å². The molecule has 0 saturated heterocycles. The van der Waals surface area contributed by atoms with Gasteiger partial charge in [0, 0.05) is 5.39 Å². The van der Waals surface area contributed by atoms with Crippen LogP contribution in [0.2, 0.25) is 0 Å². The lowest BCUT2D eigenvalue weighted by Crippen LogP contribution is -2.27. The van der Waals surface area contributed by atoms with Crippen LogP contribution >= 0.6 is 12.2 Å². The molecule has 1 aliphatic rings. The van der Waals surface area contributed by atoms with E-state index < -0.39 is 0 Å². The zero-order valence-corrected chi connectivity index (χ0v) is 10.5. The molecule has 0 aliphatic carbocycles. The fourth-order valence-corrected chi connectivity index (χ4v) is 2.14. The summed E-state index contributed by atoms with van der Waals surface area (Å²) in [5, 5.41) is 1.03. The van der Waals surface area contributed by atoms with Crippen molar-refractivity contribution in [1.82, 2.24) is 0 Å². The molecule has 1 aliphatic heterocycles. The second-order valence-corrected chi connectivity index (χ2v) is 5.09. The van der Waals surface area contributed by atoms with E-state index in [0.29, 0.717) is 4.71 Å². The van der Waals surface area contributed by atoms with E-state index in [1.165, 1.54) is 0 Å². The van der Waals surface area contributed by atoms with E-state index in [4.69, 9.17) is 21.4 Å². The van der Waals surface area contributed by atoms with Crippen molar-refractivity contribution in [1.29, 1.82) is 0 Å². The molecule has 2 aromatic rings. The minimum Gasteiger partial charge on any atom is -0.483 e. The highest BCUT2D eigenvalue weighted by molar-refractivity contribution is 7.71. The SMILES string of the molecule is CC1(C)C=Cc2c(ccc3ccc(=S)oc23)O1. The van der Waals surface area contributed by atoms with Gasteiger partial charge >= 0.3 is 0 Å². The predicted molar refractivity (Wildman–Crippen MR) is 70.8 cm³/mol. The average Bonchev–Trinajstić information content (AvgIpc) is 2.27. The van der Waals surface area contributed by atoms with E-state index >= 15 is 0 Å². The van der Waals surface area contributed by atoms with Crippen molar-refractivity contribution in [2.75, 3.05) is 0 Å². The summed E-state index contributed by atoms with van der Waals surface area (Å²) in [4.78, 5) is 0. The quantitative estimate of drug-likeness (QED) is 0.643. The monoisotopic (exact) mass is 244 g/mol. The van der Waals surface area contributed by atoms with E-state index in [1.54, 1.807) is 6.07 Å². The number of ether oxygens (including phenoxy) is 1. The van der Waals surface area contributed by atoms with Crippen LogP contribution in [0.15, 0.2) is 34.8 Å². The van der Waals surface area contributed by atoms with Gasteiger partial charge in [-0.2, -0.15) is 0 Å². The van der Waals surface area contributed by atoms with Gasteiger partial charge in [0.2, 0.25) is 0 Å². The first-order valence-corrected chi connectivity index (χ1v) is 5.91. The van der Waals surface area contributed by atoms with Gasteiger partial charge in [-0.25, -0.2) is 0 Å². The van der Waals surface area contributed by atoms with Gasteiger partial charge in [-0.05, 0) is 62.5 Å². The number of fused-ring (bicyclic) bond motifs is 3. The first-order valence-electron chi connectivity index (χ1n) is 5.50. The Morgan fingerprint density at radius 3 is 2.71 bits per heavy atom. The summed E-state index contributed by atoms with van der Waals surface area (Å²) < 4.78 is 12.0. The summed E-state index contributed by atoms with van der Waals surface area (Å²) in [5.41, 5.74) is 1.49. The fourth-order valence-electron chi connectivity index (χ4n) is 1.98. The van der Waals surface area contributed by atoms with Gasteiger partial charge in [-0.1, -0.05) is 0 Å². The molecular formula is C14H12O2S. The zero-order chi connectivity index (χ0) is 12.0.